The van der Waals surface area contributed by atoms with Crippen molar-refractivity contribution < 1.29 is 14.3 Å². The average Bonchev–Trinajstić information content (AvgIpc) is 2.93. The standard InChI is InChI=1S/C17H14N2O3/c1-2-22-17(21)13-8-9-19-14(11-20)16(18-15(19)10-13)12-6-4-3-5-7-12/h3-11H,2H2,1H3. The number of imidazole rings is 1. The van der Waals surface area contributed by atoms with Gasteiger partial charge in [0.1, 0.15) is 17.0 Å². The monoisotopic (exact) mass is 294 g/mol. The average molecular weight is 294 g/mol. The smallest absolute Gasteiger partial charge is 0.338 e. The van der Waals surface area contributed by atoms with E-state index >= 15 is 0 Å². The first-order valence-electron chi connectivity index (χ1n) is 6.94. The number of rotatable bonds is 4. The van der Waals surface area contributed by atoms with Gasteiger partial charge in [-0.15, -0.1) is 0 Å². The molecule has 3 rings (SSSR count). The number of ether oxygens (including phenoxy) is 1. The topological polar surface area (TPSA) is 60.7 Å². The normalized spacial score (nSPS) is 10.6. The molecule has 0 saturated heterocycles. The van der Waals surface area contributed by atoms with Crippen LogP contribution in [0.2, 0.25) is 0 Å². The lowest BCUT2D eigenvalue weighted by atomic mass is 10.1. The Labute approximate surface area is 127 Å². The van der Waals surface area contributed by atoms with Crippen LogP contribution >= 0.6 is 0 Å². The highest BCUT2D eigenvalue weighted by atomic mass is 16.5. The van der Waals surface area contributed by atoms with Crippen molar-refractivity contribution in [2.75, 3.05) is 6.61 Å². The quantitative estimate of drug-likeness (QED) is 0.548. The zero-order valence-corrected chi connectivity index (χ0v) is 12.0. The number of nitrogens with zero attached hydrogens (tertiary/aromatic N) is 2. The number of benzene rings is 1. The Hall–Kier alpha value is -2.95. The van der Waals surface area contributed by atoms with E-state index < -0.39 is 5.97 Å². The van der Waals surface area contributed by atoms with Crippen molar-refractivity contribution in [3.05, 3.63) is 59.9 Å². The summed E-state index contributed by atoms with van der Waals surface area (Å²) in [4.78, 5) is 27.7. The van der Waals surface area contributed by atoms with E-state index in [4.69, 9.17) is 4.74 Å². The van der Waals surface area contributed by atoms with Gasteiger partial charge in [0.2, 0.25) is 0 Å². The number of hydrogen-bond donors (Lipinski definition) is 0. The minimum Gasteiger partial charge on any atom is -0.462 e. The van der Waals surface area contributed by atoms with Gasteiger partial charge in [-0.25, -0.2) is 9.78 Å². The highest BCUT2D eigenvalue weighted by molar-refractivity contribution is 5.92. The maximum atomic E-state index is 11.8. The van der Waals surface area contributed by atoms with Gasteiger partial charge in [0.05, 0.1) is 12.2 Å². The Kier molecular flexibility index (Phi) is 3.70. The highest BCUT2D eigenvalue weighted by Crippen LogP contribution is 2.23. The van der Waals surface area contributed by atoms with Crippen LogP contribution in [0, 0.1) is 0 Å². The van der Waals surface area contributed by atoms with Crippen LogP contribution < -0.4 is 0 Å². The zero-order chi connectivity index (χ0) is 15.5. The van der Waals surface area contributed by atoms with Crippen molar-refractivity contribution in [3.8, 4) is 11.3 Å². The Morgan fingerprint density at radius 3 is 2.73 bits per heavy atom. The van der Waals surface area contributed by atoms with E-state index in [0.717, 1.165) is 11.8 Å². The number of aromatic nitrogens is 2. The molecule has 0 unspecified atom stereocenters. The predicted octanol–water partition coefficient (Wildman–Crippen LogP) is 2.99. The van der Waals surface area contributed by atoms with E-state index in [0.29, 0.717) is 29.2 Å². The van der Waals surface area contributed by atoms with Gasteiger partial charge in [0.15, 0.2) is 6.29 Å². The summed E-state index contributed by atoms with van der Waals surface area (Å²) in [6, 6.07) is 12.7. The van der Waals surface area contributed by atoms with Crippen molar-refractivity contribution in [3.63, 3.8) is 0 Å². The first-order valence-corrected chi connectivity index (χ1v) is 6.94. The second-order valence-electron chi connectivity index (χ2n) is 4.69. The van der Waals surface area contributed by atoms with E-state index in [1.165, 1.54) is 0 Å². The molecule has 0 atom stereocenters. The maximum Gasteiger partial charge on any atom is 0.338 e. The van der Waals surface area contributed by atoms with E-state index in [9.17, 15) is 9.59 Å². The van der Waals surface area contributed by atoms with Gasteiger partial charge in [-0.2, -0.15) is 0 Å². The number of aldehydes is 1. The van der Waals surface area contributed by atoms with Crippen molar-refractivity contribution >= 4 is 17.9 Å². The fraction of sp³-hybridized carbons (Fsp3) is 0.118. The number of fused-ring (bicyclic) bond motifs is 1. The fourth-order valence-corrected chi connectivity index (χ4v) is 2.33. The zero-order valence-electron chi connectivity index (χ0n) is 12.0. The molecule has 0 aliphatic rings. The minimum atomic E-state index is -0.401. The van der Waals surface area contributed by atoms with Crippen LogP contribution in [0.15, 0.2) is 48.7 Å². The van der Waals surface area contributed by atoms with Crippen LogP contribution in [-0.2, 0) is 4.74 Å². The van der Waals surface area contributed by atoms with Crippen LogP contribution in [0.4, 0.5) is 0 Å². The second-order valence-corrected chi connectivity index (χ2v) is 4.69. The molecule has 0 saturated carbocycles. The molecule has 2 heterocycles. The molecule has 1 aromatic carbocycles. The summed E-state index contributed by atoms with van der Waals surface area (Å²) in [6.45, 7) is 2.07. The first kappa shape index (κ1) is 14.0. The molecular weight excluding hydrogens is 280 g/mol. The summed E-state index contributed by atoms with van der Waals surface area (Å²) < 4.78 is 6.64. The number of carbonyl (C=O) groups is 2. The van der Waals surface area contributed by atoms with E-state index in [2.05, 4.69) is 4.98 Å². The lowest BCUT2D eigenvalue weighted by Gasteiger charge is -2.02. The van der Waals surface area contributed by atoms with Gasteiger partial charge in [-0.3, -0.25) is 9.20 Å². The second kappa shape index (κ2) is 5.81. The minimum absolute atomic E-state index is 0.313. The van der Waals surface area contributed by atoms with Crippen LogP contribution in [0.5, 0.6) is 0 Å². The maximum absolute atomic E-state index is 11.8. The summed E-state index contributed by atoms with van der Waals surface area (Å²) in [7, 11) is 0. The third kappa shape index (κ3) is 2.37. The summed E-state index contributed by atoms with van der Waals surface area (Å²) >= 11 is 0. The first-order chi connectivity index (χ1) is 10.7. The van der Waals surface area contributed by atoms with Crippen molar-refractivity contribution in [1.29, 1.82) is 0 Å². The van der Waals surface area contributed by atoms with Crippen LogP contribution in [-0.4, -0.2) is 28.2 Å². The van der Waals surface area contributed by atoms with Gasteiger partial charge in [0, 0.05) is 11.8 Å². The third-order valence-corrected chi connectivity index (χ3v) is 3.33. The van der Waals surface area contributed by atoms with Gasteiger partial charge in [-0.1, -0.05) is 30.3 Å². The highest BCUT2D eigenvalue weighted by Gasteiger charge is 2.15. The Morgan fingerprint density at radius 1 is 1.27 bits per heavy atom. The van der Waals surface area contributed by atoms with Gasteiger partial charge in [-0.05, 0) is 19.1 Å². The summed E-state index contributed by atoms with van der Waals surface area (Å²) in [5.41, 5.74) is 2.85. The lowest BCUT2D eigenvalue weighted by Crippen LogP contribution is -2.05. The molecule has 22 heavy (non-hydrogen) atoms. The van der Waals surface area contributed by atoms with Gasteiger partial charge < -0.3 is 4.74 Å². The summed E-state index contributed by atoms with van der Waals surface area (Å²) in [6.07, 6.45) is 2.43. The molecule has 0 amide bonds. The van der Waals surface area contributed by atoms with E-state index in [1.54, 1.807) is 29.7 Å². The Balaban J connectivity index is 2.15. The largest absolute Gasteiger partial charge is 0.462 e. The molecule has 0 radical (unpaired) electrons. The predicted molar refractivity (Wildman–Crippen MR) is 82.0 cm³/mol. The SMILES string of the molecule is CCOC(=O)c1ccn2c(C=O)c(-c3ccccc3)nc2c1. The molecule has 3 aromatic rings. The molecular formula is C17H14N2O3. The number of carbonyl (C=O) groups excluding carboxylic acids is 2. The van der Waals surface area contributed by atoms with E-state index in [-0.39, 0.29) is 0 Å². The van der Waals surface area contributed by atoms with Crippen LogP contribution in [0.3, 0.4) is 0 Å². The molecule has 0 spiro atoms. The third-order valence-electron chi connectivity index (χ3n) is 3.33. The van der Waals surface area contributed by atoms with E-state index in [1.807, 2.05) is 30.3 Å². The summed E-state index contributed by atoms with van der Waals surface area (Å²) in [5, 5.41) is 0. The number of hydrogen-bond acceptors (Lipinski definition) is 4. The molecule has 110 valence electrons. The van der Waals surface area contributed by atoms with Gasteiger partial charge in [0.25, 0.3) is 0 Å². The molecule has 0 N–H and O–H groups in total. The molecule has 0 aliphatic carbocycles. The van der Waals surface area contributed by atoms with Gasteiger partial charge >= 0.3 is 5.97 Å². The molecule has 5 heteroatoms. The Morgan fingerprint density at radius 2 is 2.05 bits per heavy atom. The number of esters is 1. The lowest BCUT2D eigenvalue weighted by molar-refractivity contribution is 0.0526. The molecule has 0 aliphatic heterocycles. The number of pyridine rings is 1. The van der Waals surface area contributed by atoms with Crippen molar-refractivity contribution in [2.24, 2.45) is 0 Å². The Bertz CT molecular complexity index is 838. The fourth-order valence-electron chi connectivity index (χ4n) is 2.33. The molecule has 0 bridgehead atoms. The van der Waals surface area contributed by atoms with Crippen LogP contribution in [0.1, 0.15) is 27.8 Å². The molecule has 2 aromatic heterocycles. The summed E-state index contributed by atoms with van der Waals surface area (Å²) in [5.74, 6) is -0.401. The van der Waals surface area contributed by atoms with Crippen molar-refractivity contribution in [2.45, 2.75) is 6.92 Å². The van der Waals surface area contributed by atoms with Crippen LogP contribution in [0.25, 0.3) is 16.9 Å². The molecule has 5 nitrogen and oxygen atoms in total. The molecule has 0 fully saturated rings. The van der Waals surface area contributed by atoms with Crippen molar-refractivity contribution in [1.82, 2.24) is 9.38 Å².